The SMILES string of the molecule is Cc1ccc(CN(CCc2cn(C)c3ccccc23)C2CCc3cc(C=CC(=O)NO)ccc32)[nH]1. The van der Waals surface area contributed by atoms with Crippen molar-refractivity contribution in [3.63, 3.8) is 0 Å². The van der Waals surface area contributed by atoms with Gasteiger partial charge in [0.2, 0.25) is 0 Å². The van der Waals surface area contributed by atoms with Crippen LogP contribution >= 0.6 is 0 Å². The number of hydrogen-bond donors (Lipinski definition) is 3. The lowest BCUT2D eigenvalue weighted by atomic mass is 10.0. The minimum Gasteiger partial charge on any atom is -0.361 e. The number of nitrogens with zero attached hydrogens (tertiary/aromatic N) is 2. The first-order chi connectivity index (χ1) is 17.0. The van der Waals surface area contributed by atoms with Crippen LogP contribution in [0.15, 0.2) is 66.9 Å². The molecule has 1 aliphatic carbocycles. The summed E-state index contributed by atoms with van der Waals surface area (Å²) in [7, 11) is 2.12. The molecule has 2 aromatic heterocycles. The second-order valence-electron chi connectivity index (χ2n) is 9.49. The normalized spacial score (nSPS) is 15.4. The highest BCUT2D eigenvalue weighted by Gasteiger charge is 2.28. The number of aryl methyl sites for hydroxylation is 3. The van der Waals surface area contributed by atoms with Crippen LogP contribution in [0.4, 0.5) is 0 Å². The van der Waals surface area contributed by atoms with Gasteiger partial charge in [-0.3, -0.25) is 14.9 Å². The van der Waals surface area contributed by atoms with Crippen molar-refractivity contribution < 1.29 is 10.0 Å². The third-order valence-corrected chi connectivity index (χ3v) is 7.10. The minimum absolute atomic E-state index is 0.349. The van der Waals surface area contributed by atoms with Crippen LogP contribution in [0.3, 0.4) is 0 Å². The fourth-order valence-corrected chi connectivity index (χ4v) is 5.41. The summed E-state index contributed by atoms with van der Waals surface area (Å²) in [6.07, 6.45) is 8.43. The van der Waals surface area contributed by atoms with Crippen LogP contribution in [-0.2, 0) is 31.2 Å². The Hall–Kier alpha value is -3.61. The number of hydrogen-bond acceptors (Lipinski definition) is 3. The summed E-state index contributed by atoms with van der Waals surface area (Å²) >= 11 is 0. The van der Waals surface area contributed by atoms with Gasteiger partial charge < -0.3 is 9.55 Å². The van der Waals surface area contributed by atoms with Crippen molar-refractivity contribution in [1.29, 1.82) is 0 Å². The number of carbonyl (C=O) groups is 1. The Morgan fingerprint density at radius 2 is 2.09 bits per heavy atom. The summed E-state index contributed by atoms with van der Waals surface area (Å²) in [4.78, 5) is 17.5. The van der Waals surface area contributed by atoms with Crippen LogP contribution in [-0.4, -0.2) is 32.1 Å². The fourth-order valence-electron chi connectivity index (χ4n) is 5.41. The van der Waals surface area contributed by atoms with Crippen molar-refractivity contribution in [2.24, 2.45) is 7.05 Å². The van der Waals surface area contributed by atoms with E-state index in [4.69, 9.17) is 5.21 Å². The number of carbonyl (C=O) groups excluding carboxylic acids is 1. The molecule has 4 aromatic rings. The Labute approximate surface area is 205 Å². The molecule has 1 amide bonds. The molecule has 6 nitrogen and oxygen atoms in total. The molecule has 35 heavy (non-hydrogen) atoms. The molecule has 1 unspecified atom stereocenters. The topological polar surface area (TPSA) is 73.3 Å². The number of nitrogens with one attached hydrogen (secondary N) is 2. The van der Waals surface area contributed by atoms with Crippen LogP contribution in [0.1, 0.15) is 46.1 Å². The number of aromatic nitrogens is 2. The van der Waals surface area contributed by atoms with E-state index < -0.39 is 5.91 Å². The van der Waals surface area contributed by atoms with E-state index in [0.29, 0.717) is 6.04 Å². The van der Waals surface area contributed by atoms with Crippen molar-refractivity contribution in [2.45, 2.75) is 38.8 Å². The molecule has 3 N–H and O–H groups in total. The van der Waals surface area contributed by atoms with E-state index in [0.717, 1.165) is 37.9 Å². The number of hydroxylamine groups is 1. The van der Waals surface area contributed by atoms with Crippen LogP contribution in [0, 0.1) is 6.92 Å². The van der Waals surface area contributed by atoms with Gasteiger partial charge in [-0.05, 0) is 72.7 Å². The van der Waals surface area contributed by atoms with E-state index >= 15 is 0 Å². The number of rotatable bonds is 8. The number of benzene rings is 2. The number of H-pyrrole nitrogens is 1. The quantitative estimate of drug-likeness (QED) is 0.192. The first-order valence-electron chi connectivity index (χ1n) is 12.2. The van der Waals surface area contributed by atoms with Crippen molar-refractivity contribution in [3.05, 3.63) is 101 Å². The second kappa shape index (κ2) is 9.94. The molecule has 180 valence electrons. The number of amides is 1. The Morgan fingerprint density at radius 1 is 1.23 bits per heavy atom. The molecule has 2 heterocycles. The molecular formula is C29H32N4O2. The maximum absolute atomic E-state index is 11.3. The average Bonchev–Trinajstić information content (AvgIpc) is 3.57. The van der Waals surface area contributed by atoms with Crippen molar-refractivity contribution in [2.75, 3.05) is 6.54 Å². The van der Waals surface area contributed by atoms with Crippen molar-refractivity contribution >= 4 is 22.9 Å². The van der Waals surface area contributed by atoms with Gasteiger partial charge in [-0.25, -0.2) is 5.48 Å². The Balaban J connectivity index is 1.40. The number of fused-ring (bicyclic) bond motifs is 2. The molecule has 1 atom stereocenters. The molecule has 2 aromatic carbocycles. The highest BCUT2D eigenvalue weighted by atomic mass is 16.5. The summed E-state index contributed by atoms with van der Waals surface area (Å²) in [6, 6.07) is 19.7. The standard InChI is InChI=1S/C29H32N4O2/c1-20-7-11-24(30-20)19-33(16-15-23-18-32(2)27-6-4-3-5-25(23)27)28-13-10-22-17-21(8-12-26(22)28)9-14-29(34)31-35/h3-9,11-12,14,17-18,28,30,35H,10,13,15-16,19H2,1-2H3,(H,31,34). The van der Waals surface area contributed by atoms with E-state index in [9.17, 15) is 4.79 Å². The van der Waals surface area contributed by atoms with E-state index in [1.165, 1.54) is 45.1 Å². The van der Waals surface area contributed by atoms with Crippen molar-refractivity contribution in [3.8, 4) is 0 Å². The van der Waals surface area contributed by atoms with Crippen LogP contribution < -0.4 is 5.48 Å². The zero-order chi connectivity index (χ0) is 24.4. The zero-order valence-electron chi connectivity index (χ0n) is 20.3. The predicted octanol–water partition coefficient (Wildman–Crippen LogP) is 5.07. The smallest absolute Gasteiger partial charge is 0.267 e. The van der Waals surface area contributed by atoms with Gasteiger partial charge in [0.05, 0.1) is 0 Å². The van der Waals surface area contributed by atoms with Gasteiger partial charge in [0.1, 0.15) is 0 Å². The Bertz CT molecular complexity index is 1380. The van der Waals surface area contributed by atoms with Gasteiger partial charge in [0, 0.05) is 60.7 Å². The molecule has 0 saturated heterocycles. The third-order valence-electron chi connectivity index (χ3n) is 7.10. The van der Waals surface area contributed by atoms with Crippen LogP contribution in [0.2, 0.25) is 0 Å². The molecule has 5 rings (SSSR count). The minimum atomic E-state index is -0.524. The maximum atomic E-state index is 11.3. The molecule has 6 heteroatoms. The molecule has 1 aliphatic rings. The zero-order valence-corrected chi connectivity index (χ0v) is 20.3. The van der Waals surface area contributed by atoms with Gasteiger partial charge >= 0.3 is 0 Å². The summed E-state index contributed by atoms with van der Waals surface area (Å²) in [5, 5.41) is 10.1. The van der Waals surface area contributed by atoms with E-state index in [-0.39, 0.29) is 0 Å². The first kappa shape index (κ1) is 23.1. The summed E-state index contributed by atoms with van der Waals surface area (Å²) in [5.41, 5.74) is 10.4. The van der Waals surface area contributed by atoms with Gasteiger partial charge in [0.25, 0.3) is 5.91 Å². The van der Waals surface area contributed by atoms with E-state index in [1.807, 2.05) is 0 Å². The lowest BCUT2D eigenvalue weighted by Crippen LogP contribution is -2.29. The molecule has 0 aliphatic heterocycles. The van der Waals surface area contributed by atoms with Crippen LogP contribution in [0.25, 0.3) is 17.0 Å². The number of aromatic amines is 1. The van der Waals surface area contributed by atoms with Gasteiger partial charge in [-0.2, -0.15) is 0 Å². The van der Waals surface area contributed by atoms with Gasteiger partial charge in [0.15, 0.2) is 0 Å². The molecule has 0 saturated carbocycles. The summed E-state index contributed by atoms with van der Waals surface area (Å²) in [6.45, 7) is 3.94. The molecule has 0 fully saturated rings. The lowest BCUT2D eigenvalue weighted by Gasteiger charge is -2.29. The van der Waals surface area contributed by atoms with E-state index in [1.54, 1.807) is 11.6 Å². The third kappa shape index (κ3) is 4.94. The molecule has 0 radical (unpaired) electrons. The number of para-hydroxylation sites is 1. The van der Waals surface area contributed by atoms with Crippen molar-refractivity contribution in [1.82, 2.24) is 19.9 Å². The average molecular weight is 469 g/mol. The molecular weight excluding hydrogens is 436 g/mol. The van der Waals surface area contributed by atoms with E-state index in [2.05, 4.69) is 89.2 Å². The fraction of sp³-hybridized carbons (Fsp3) is 0.276. The van der Waals surface area contributed by atoms with Gasteiger partial charge in [-0.1, -0.05) is 36.4 Å². The summed E-state index contributed by atoms with van der Waals surface area (Å²) < 4.78 is 2.22. The molecule has 0 bridgehead atoms. The first-order valence-corrected chi connectivity index (χ1v) is 12.2. The van der Waals surface area contributed by atoms with Crippen LogP contribution in [0.5, 0.6) is 0 Å². The second-order valence-corrected chi connectivity index (χ2v) is 9.49. The highest BCUT2D eigenvalue weighted by Crippen LogP contribution is 2.37. The Morgan fingerprint density at radius 3 is 2.89 bits per heavy atom. The highest BCUT2D eigenvalue weighted by molar-refractivity contribution is 5.90. The Kier molecular flexibility index (Phi) is 6.57. The molecule has 0 spiro atoms. The largest absolute Gasteiger partial charge is 0.361 e. The van der Waals surface area contributed by atoms with Gasteiger partial charge in [-0.15, -0.1) is 0 Å². The summed E-state index contributed by atoms with van der Waals surface area (Å²) in [5.74, 6) is -0.524. The predicted molar refractivity (Wildman–Crippen MR) is 139 cm³/mol. The lowest BCUT2D eigenvalue weighted by molar-refractivity contribution is -0.124. The monoisotopic (exact) mass is 468 g/mol. The maximum Gasteiger partial charge on any atom is 0.267 e.